The molecule has 0 atom stereocenters. The van der Waals surface area contributed by atoms with Gasteiger partial charge in [-0.15, -0.1) is 11.8 Å². The third-order valence-corrected chi connectivity index (χ3v) is 5.73. The van der Waals surface area contributed by atoms with Crippen LogP contribution in [0.4, 0.5) is 5.69 Å². The standard InChI is InChI=1S/C23H20N2O2S/c26-21(15-25-19-13-7-8-14-20(19)28-16-22(25)27)24-23(17-9-3-1-4-10-17)18-11-5-2-6-12-18/h1-14,23H,15-16H2,(H,24,26). The number of nitrogens with one attached hydrogen (secondary N) is 1. The summed E-state index contributed by atoms with van der Waals surface area (Å²) in [4.78, 5) is 28.0. The Hall–Kier alpha value is -3.05. The smallest absolute Gasteiger partial charge is 0.240 e. The van der Waals surface area contributed by atoms with Crippen molar-refractivity contribution in [2.45, 2.75) is 10.9 Å². The van der Waals surface area contributed by atoms with Crippen molar-refractivity contribution in [3.8, 4) is 0 Å². The number of anilines is 1. The highest BCUT2D eigenvalue weighted by Gasteiger charge is 2.27. The molecule has 1 N–H and O–H groups in total. The van der Waals surface area contributed by atoms with Crippen molar-refractivity contribution >= 4 is 29.3 Å². The second-order valence-electron chi connectivity index (χ2n) is 6.56. The zero-order chi connectivity index (χ0) is 19.3. The van der Waals surface area contributed by atoms with Gasteiger partial charge in [0.15, 0.2) is 0 Å². The molecule has 0 aliphatic carbocycles. The number of fused-ring (bicyclic) bond motifs is 1. The summed E-state index contributed by atoms with van der Waals surface area (Å²) in [5.41, 5.74) is 2.81. The number of amides is 2. The van der Waals surface area contributed by atoms with Gasteiger partial charge in [-0.05, 0) is 23.3 Å². The Labute approximate surface area is 168 Å². The summed E-state index contributed by atoms with van der Waals surface area (Å²) < 4.78 is 0. The first-order chi connectivity index (χ1) is 13.7. The van der Waals surface area contributed by atoms with Gasteiger partial charge in [0.2, 0.25) is 11.8 Å². The summed E-state index contributed by atoms with van der Waals surface area (Å²) in [6, 6.07) is 27.2. The second-order valence-corrected chi connectivity index (χ2v) is 7.58. The minimum atomic E-state index is -0.264. The van der Waals surface area contributed by atoms with Crippen molar-refractivity contribution in [3.05, 3.63) is 96.1 Å². The van der Waals surface area contributed by atoms with Crippen molar-refractivity contribution in [2.75, 3.05) is 17.2 Å². The Bertz CT molecular complexity index is 937. The van der Waals surface area contributed by atoms with Gasteiger partial charge in [-0.3, -0.25) is 9.59 Å². The minimum Gasteiger partial charge on any atom is -0.344 e. The van der Waals surface area contributed by atoms with Gasteiger partial charge in [0.25, 0.3) is 0 Å². The van der Waals surface area contributed by atoms with Crippen molar-refractivity contribution in [2.24, 2.45) is 0 Å². The minimum absolute atomic E-state index is 0.00652. The number of para-hydroxylation sites is 1. The molecule has 4 rings (SSSR count). The van der Waals surface area contributed by atoms with E-state index < -0.39 is 0 Å². The summed E-state index contributed by atoms with van der Waals surface area (Å²) in [5, 5.41) is 3.11. The van der Waals surface area contributed by atoms with Crippen LogP contribution in [-0.2, 0) is 9.59 Å². The van der Waals surface area contributed by atoms with Crippen LogP contribution in [0.5, 0.6) is 0 Å². The highest BCUT2D eigenvalue weighted by molar-refractivity contribution is 8.00. The summed E-state index contributed by atoms with van der Waals surface area (Å²) >= 11 is 1.51. The molecule has 0 aromatic heterocycles. The number of hydrogen-bond donors (Lipinski definition) is 1. The maximum absolute atomic E-state index is 12.9. The van der Waals surface area contributed by atoms with E-state index in [1.807, 2.05) is 84.9 Å². The lowest BCUT2D eigenvalue weighted by Gasteiger charge is -2.29. The van der Waals surface area contributed by atoms with Crippen molar-refractivity contribution < 1.29 is 9.59 Å². The van der Waals surface area contributed by atoms with Gasteiger partial charge in [0.05, 0.1) is 17.5 Å². The lowest BCUT2D eigenvalue weighted by molar-refractivity contribution is -0.123. The third-order valence-electron chi connectivity index (χ3n) is 4.68. The maximum atomic E-state index is 12.9. The van der Waals surface area contributed by atoms with E-state index >= 15 is 0 Å². The fourth-order valence-corrected chi connectivity index (χ4v) is 4.26. The molecule has 2 amide bonds. The van der Waals surface area contributed by atoms with Crippen molar-refractivity contribution in [1.82, 2.24) is 5.32 Å². The van der Waals surface area contributed by atoms with E-state index in [0.717, 1.165) is 21.7 Å². The SMILES string of the molecule is O=C(CN1C(=O)CSc2ccccc21)NC(c1ccccc1)c1ccccc1. The molecule has 3 aromatic rings. The quantitative estimate of drug-likeness (QED) is 0.718. The van der Waals surface area contributed by atoms with Crippen LogP contribution in [0.3, 0.4) is 0 Å². The number of rotatable bonds is 5. The van der Waals surface area contributed by atoms with Crippen LogP contribution in [0.15, 0.2) is 89.8 Å². The van der Waals surface area contributed by atoms with Gasteiger partial charge >= 0.3 is 0 Å². The van der Waals surface area contributed by atoms with Crippen LogP contribution < -0.4 is 10.2 Å². The molecular formula is C23H20N2O2S. The number of nitrogens with zero attached hydrogens (tertiary/aromatic N) is 1. The number of hydrogen-bond acceptors (Lipinski definition) is 3. The Morgan fingerprint density at radius 2 is 1.46 bits per heavy atom. The highest BCUT2D eigenvalue weighted by atomic mass is 32.2. The van der Waals surface area contributed by atoms with E-state index in [1.54, 1.807) is 4.90 Å². The molecule has 1 heterocycles. The fraction of sp³-hybridized carbons (Fsp3) is 0.130. The second kappa shape index (κ2) is 8.31. The monoisotopic (exact) mass is 388 g/mol. The van der Waals surface area contributed by atoms with Gasteiger partial charge in [0.1, 0.15) is 6.54 Å². The van der Waals surface area contributed by atoms with Gasteiger partial charge in [-0.25, -0.2) is 0 Å². The van der Waals surface area contributed by atoms with E-state index in [2.05, 4.69) is 5.32 Å². The van der Waals surface area contributed by atoms with Crippen LogP contribution in [0, 0.1) is 0 Å². The number of carbonyl (C=O) groups is 2. The Morgan fingerprint density at radius 3 is 2.11 bits per heavy atom. The fourth-order valence-electron chi connectivity index (χ4n) is 3.33. The largest absolute Gasteiger partial charge is 0.344 e. The molecule has 3 aromatic carbocycles. The molecule has 1 aliphatic rings. The Balaban J connectivity index is 1.57. The normalized spacial score (nSPS) is 13.3. The summed E-state index contributed by atoms with van der Waals surface area (Å²) in [5.74, 6) is 0.119. The molecule has 0 saturated heterocycles. The molecule has 0 spiro atoms. The average Bonchev–Trinajstić information content (AvgIpc) is 2.75. The molecule has 4 nitrogen and oxygen atoms in total. The first-order valence-electron chi connectivity index (χ1n) is 9.14. The molecule has 0 radical (unpaired) electrons. The van der Waals surface area contributed by atoms with Crippen LogP contribution in [0.2, 0.25) is 0 Å². The molecular weight excluding hydrogens is 368 g/mol. The van der Waals surface area contributed by atoms with E-state index in [1.165, 1.54) is 11.8 Å². The molecule has 0 bridgehead atoms. The first kappa shape index (κ1) is 18.3. The van der Waals surface area contributed by atoms with Crippen molar-refractivity contribution in [3.63, 3.8) is 0 Å². The van der Waals surface area contributed by atoms with Gasteiger partial charge in [0, 0.05) is 4.90 Å². The molecule has 0 unspecified atom stereocenters. The predicted octanol–water partition coefficient (Wildman–Crippen LogP) is 4.03. The Kier molecular flexibility index (Phi) is 5.44. The summed E-state index contributed by atoms with van der Waals surface area (Å²) in [6.07, 6.45) is 0. The number of benzene rings is 3. The van der Waals surface area contributed by atoms with E-state index in [-0.39, 0.29) is 24.4 Å². The van der Waals surface area contributed by atoms with Gasteiger partial charge < -0.3 is 10.2 Å². The Morgan fingerprint density at radius 1 is 0.893 bits per heavy atom. The molecule has 0 saturated carbocycles. The molecule has 5 heteroatoms. The maximum Gasteiger partial charge on any atom is 0.240 e. The van der Waals surface area contributed by atoms with E-state index in [0.29, 0.717) is 5.75 Å². The van der Waals surface area contributed by atoms with Crippen LogP contribution >= 0.6 is 11.8 Å². The van der Waals surface area contributed by atoms with E-state index in [4.69, 9.17) is 0 Å². The summed E-state index contributed by atoms with van der Waals surface area (Å²) in [7, 11) is 0. The van der Waals surface area contributed by atoms with Crippen LogP contribution in [0.25, 0.3) is 0 Å². The number of thioether (sulfide) groups is 1. The van der Waals surface area contributed by atoms with E-state index in [9.17, 15) is 9.59 Å². The van der Waals surface area contributed by atoms with Crippen LogP contribution in [0.1, 0.15) is 17.2 Å². The highest BCUT2D eigenvalue weighted by Crippen LogP contribution is 2.34. The molecule has 1 aliphatic heterocycles. The van der Waals surface area contributed by atoms with Crippen LogP contribution in [-0.4, -0.2) is 24.1 Å². The lowest BCUT2D eigenvalue weighted by Crippen LogP contribution is -2.44. The molecule has 0 fully saturated rings. The summed E-state index contributed by atoms with van der Waals surface area (Å²) in [6.45, 7) is 0.00652. The van der Waals surface area contributed by atoms with Crippen molar-refractivity contribution in [1.29, 1.82) is 0 Å². The predicted molar refractivity (Wildman–Crippen MR) is 112 cm³/mol. The first-order valence-corrected chi connectivity index (χ1v) is 10.1. The topological polar surface area (TPSA) is 49.4 Å². The van der Waals surface area contributed by atoms with Gasteiger partial charge in [-0.1, -0.05) is 72.8 Å². The lowest BCUT2D eigenvalue weighted by atomic mass is 9.98. The molecule has 140 valence electrons. The number of carbonyl (C=O) groups excluding carboxylic acids is 2. The third kappa shape index (κ3) is 3.94. The average molecular weight is 388 g/mol. The molecule has 28 heavy (non-hydrogen) atoms. The zero-order valence-corrected chi connectivity index (χ0v) is 16.1. The van der Waals surface area contributed by atoms with Gasteiger partial charge in [-0.2, -0.15) is 0 Å². The zero-order valence-electron chi connectivity index (χ0n) is 15.2.